The molecule has 0 saturated carbocycles. The lowest BCUT2D eigenvalue weighted by Gasteiger charge is -2.22. The smallest absolute Gasteiger partial charge is 0.416 e. The summed E-state index contributed by atoms with van der Waals surface area (Å²) in [5.74, 6) is 0. The monoisotopic (exact) mass is 259 g/mol. The third-order valence-corrected chi connectivity index (χ3v) is 3.12. The Kier molecular flexibility index (Phi) is 3.19. The van der Waals surface area contributed by atoms with Crippen LogP contribution in [0.2, 0.25) is 0 Å². The number of nitrogens with zero attached hydrogens (tertiary/aromatic N) is 1. The van der Waals surface area contributed by atoms with Crippen LogP contribution in [0.15, 0.2) is 24.3 Å². The Morgan fingerprint density at radius 3 is 2.39 bits per heavy atom. The number of likely N-dealkylation sites (tertiary alicyclic amines) is 1. The predicted octanol–water partition coefficient (Wildman–Crippen LogP) is 3.52. The molecule has 0 bridgehead atoms. The van der Waals surface area contributed by atoms with E-state index >= 15 is 0 Å². The highest BCUT2D eigenvalue weighted by atomic mass is 19.4. The number of alkyl halides is 3. The number of halogens is 3. The summed E-state index contributed by atoms with van der Waals surface area (Å²) in [6.45, 7) is 0.432. The molecule has 1 heterocycles. The number of amides is 1. The molecule has 1 aliphatic heterocycles. The van der Waals surface area contributed by atoms with Crippen LogP contribution in [0.5, 0.6) is 0 Å². The molecular formula is C12H12F3NO2. The van der Waals surface area contributed by atoms with Crippen molar-refractivity contribution in [2.24, 2.45) is 0 Å². The summed E-state index contributed by atoms with van der Waals surface area (Å²) in [5.41, 5.74) is -0.103. The predicted molar refractivity (Wildman–Crippen MR) is 58.1 cm³/mol. The summed E-state index contributed by atoms with van der Waals surface area (Å²) in [7, 11) is 0. The van der Waals surface area contributed by atoms with E-state index in [1.54, 1.807) is 0 Å². The van der Waals surface area contributed by atoms with E-state index in [4.69, 9.17) is 5.11 Å². The van der Waals surface area contributed by atoms with E-state index in [2.05, 4.69) is 0 Å². The van der Waals surface area contributed by atoms with Crippen molar-refractivity contribution in [2.45, 2.75) is 25.1 Å². The molecule has 1 unspecified atom stereocenters. The molecular weight excluding hydrogens is 247 g/mol. The molecule has 6 heteroatoms. The first-order valence-corrected chi connectivity index (χ1v) is 5.56. The average molecular weight is 259 g/mol. The molecule has 0 aliphatic carbocycles. The van der Waals surface area contributed by atoms with Crippen molar-refractivity contribution in [2.75, 3.05) is 6.54 Å². The lowest BCUT2D eigenvalue weighted by Crippen LogP contribution is -2.28. The topological polar surface area (TPSA) is 40.5 Å². The van der Waals surface area contributed by atoms with Crippen LogP contribution in [0.1, 0.15) is 30.0 Å². The number of rotatable bonds is 1. The summed E-state index contributed by atoms with van der Waals surface area (Å²) in [5, 5.41) is 8.97. The van der Waals surface area contributed by atoms with Crippen LogP contribution in [0, 0.1) is 0 Å². The zero-order valence-electron chi connectivity index (χ0n) is 9.44. The summed E-state index contributed by atoms with van der Waals surface area (Å²) in [4.78, 5) is 12.2. The summed E-state index contributed by atoms with van der Waals surface area (Å²) >= 11 is 0. The molecule has 1 amide bonds. The van der Waals surface area contributed by atoms with E-state index in [0.717, 1.165) is 18.6 Å². The molecule has 1 N–H and O–H groups in total. The Hall–Kier alpha value is -1.72. The van der Waals surface area contributed by atoms with E-state index in [9.17, 15) is 18.0 Å². The van der Waals surface area contributed by atoms with E-state index < -0.39 is 17.8 Å². The minimum atomic E-state index is -4.36. The fourth-order valence-electron chi connectivity index (χ4n) is 2.24. The van der Waals surface area contributed by atoms with Gasteiger partial charge in [0.2, 0.25) is 0 Å². The van der Waals surface area contributed by atoms with Crippen molar-refractivity contribution in [3.05, 3.63) is 35.4 Å². The third kappa shape index (κ3) is 2.42. The molecule has 3 nitrogen and oxygen atoms in total. The van der Waals surface area contributed by atoms with E-state index in [0.29, 0.717) is 18.5 Å². The number of benzene rings is 1. The Morgan fingerprint density at radius 2 is 1.89 bits per heavy atom. The molecule has 1 aromatic rings. The Bertz CT molecular complexity index is 442. The molecule has 1 fully saturated rings. The van der Waals surface area contributed by atoms with Gasteiger partial charge < -0.3 is 10.0 Å². The van der Waals surface area contributed by atoms with Crippen molar-refractivity contribution < 1.29 is 23.1 Å². The fourth-order valence-corrected chi connectivity index (χ4v) is 2.24. The maximum Gasteiger partial charge on any atom is 0.416 e. The molecule has 1 atom stereocenters. The first kappa shape index (κ1) is 12.7. The van der Waals surface area contributed by atoms with Crippen LogP contribution >= 0.6 is 0 Å². The van der Waals surface area contributed by atoms with E-state index in [1.165, 1.54) is 17.0 Å². The van der Waals surface area contributed by atoms with Crippen LogP contribution < -0.4 is 0 Å². The highest BCUT2D eigenvalue weighted by Gasteiger charge is 2.32. The number of carboxylic acid groups (broad SMARTS) is 1. The minimum Gasteiger partial charge on any atom is -0.465 e. The molecule has 1 aliphatic rings. The second-order valence-corrected chi connectivity index (χ2v) is 4.25. The highest BCUT2D eigenvalue weighted by Crippen LogP contribution is 2.34. The van der Waals surface area contributed by atoms with Gasteiger partial charge in [0, 0.05) is 6.54 Å². The zero-order valence-corrected chi connectivity index (χ0v) is 9.44. The van der Waals surface area contributed by atoms with Gasteiger partial charge in [0.1, 0.15) is 0 Å². The minimum absolute atomic E-state index is 0.329. The summed E-state index contributed by atoms with van der Waals surface area (Å²) < 4.78 is 37.2. The Morgan fingerprint density at radius 1 is 1.28 bits per heavy atom. The fraction of sp³-hybridized carbons (Fsp3) is 0.417. The largest absolute Gasteiger partial charge is 0.465 e. The van der Waals surface area contributed by atoms with E-state index in [-0.39, 0.29) is 6.04 Å². The van der Waals surface area contributed by atoms with Crippen molar-refractivity contribution in [3.8, 4) is 0 Å². The number of carbonyl (C=O) groups is 1. The maximum absolute atomic E-state index is 12.4. The van der Waals surface area contributed by atoms with Gasteiger partial charge in [0.25, 0.3) is 0 Å². The standard InChI is InChI=1S/C12H12F3NO2/c13-12(14,15)9-5-3-8(4-6-9)10-2-1-7-16(10)11(17)18/h3-6,10H,1-2,7H2,(H,17,18). The van der Waals surface area contributed by atoms with Gasteiger partial charge in [-0.2, -0.15) is 13.2 Å². The average Bonchev–Trinajstić information content (AvgIpc) is 2.77. The van der Waals surface area contributed by atoms with Crippen molar-refractivity contribution >= 4 is 6.09 Å². The van der Waals surface area contributed by atoms with Crippen molar-refractivity contribution in [1.82, 2.24) is 4.90 Å². The van der Waals surface area contributed by atoms with Crippen LogP contribution in [-0.2, 0) is 6.18 Å². The highest BCUT2D eigenvalue weighted by molar-refractivity contribution is 5.66. The summed E-state index contributed by atoms with van der Waals surface area (Å²) in [6.07, 6.45) is -4.01. The van der Waals surface area contributed by atoms with E-state index in [1.807, 2.05) is 0 Å². The van der Waals surface area contributed by atoms with Gasteiger partial charge in [0.05, 0.1) is 11.6 Å². The first-order chi connectivity index (χ1) is 8.39. The lowest BCUT2D eigenvalue weighted by atomic mass is 10.0. The molecule has 1 saturated heterocycles. The van der Waals surface area contributed by atoms with Crippen molar-refractivity contribution in [3.63, 3.8) is 0 Å². The third-order valence-electron chi connectivity index (χ3n) is 3.12. The van der Waals surface area contributed by atoms with Crippen LogP contribution in [-0.4, -0.2) is 22.6 Å². The molecule has 0 spiro atoms. The number of hydrogen-bond acceptors (Lipinski definition) is 1. The van der Waals surface area contributed by atoms with Gasteiger partial charge in [0.15, 0.2) is 0 Å². The molecule has 0 aromatic heterocycles. The lowest BCUT2D eigenvalue weighted by molar-refractivity contribution is -0.137. The van der Waals surface area contributed by atoms with Gasteiger partial charge in [-0.15, -0.1) is 0 Å². The number of hydrogen-bond donors (Lipinski definition) is 1. The Labute approximate surface area is 102 Å². The molecule has 18 heavy (non-hydrogen) atoms. The molecule has 98 valence electrons. The van der Waals surface area contributed by atoms with Crippen LogP contribution in [0.4, 0.5) is 18.0 Å². The molecule has 2 rings (SSSR count). The molecule has 1 aromatic carbocycles. The van der Waals surface area contributed by atoms with Gasteiger partial charge in [-0.3, -0.25) is 0 Å². The van der Waals surface area contributed by atoms with Crippen LogP contribution in [0.25, 0.3) is 0 Å². The van der Waals surface area contributed by atoms with Crippen LogP contribution in [0.3, 0.4) is 0 Å². The van der Waals surface area contributed by atoms with Gasteiger partial charge >= 0.3 is 12.3 Å². The van der Waals surface area contributed by atoms with Gasteiger partial charge in [-0.25, -0.2) is 4.79 Å². The zero-order chi connectivity index (χ0) is 13.3. The Balaban J connectivity index is 2.22. The normalized spacial score (nSPS) is 20.2. The SMILES string of the molecule is O=C(O)N1CCCC1c1ccc(C(F)(F)F)cc1. The van der Waals surface area contributed by atoms with Gasteiger partial charge in [-0.05, 0) is 30.5 Å². The quantitative estimate of drug-likeness (QED) is 0.838. The second-order valence-electron chi connectivity index (χ2n) is 4.25. The first-order valence-electron chi connectivity index (χ1n) is 5.56. The maximum atomic E-state index is 12.4. The molecule has 0 radical (unpaired) electrons. The summed E-state index contributed by atoms with van der Waals surface area (Å²) in [6, 6.07) is 4.37. The van der Waals surface area contributed by atoms with Crippen molar-refractivity contribution in [1.29, 1.82) is 0 Å². The second kappa shape index (κ2) is 4.51. The van der Waals surface area contributed by atoms with Gasteiger partial charge in [-0.1, -0.05) is 12.1 Å².